The topological polar surface area (TPSA) is 60.4 Å². The van der Waals surface area contributed by atoms with Gasteiger partial charge in [0.1, 0.15) is 5.82 Å². The molecule has 2 saturated heterocycles. The standard InChI is InChI=1S/C23H32N6OS/c30-22(28-12-6-1-2-7-13-28)18-26-14-16-27(17-15-26)19-29-23(31)24-21(25-29)11-10-20-8-4-3-5-9-20/h3-5,8-11H,1-2,6-7,12-19H2,(H,24,25,31). The quantitative estimate of drug-likeness (QED) is 0.700. The van der Waals surface area contributed by atoms with Gasteiger partial charge < -0.3 is 4.90 Å². The van der Waals surface area contributed by atoms with Crippen molar-refractivity contribution in [2.75, 3.05) is 45.8 Å². The first-order valence-corrected chi connectivity index (χ1v) is 11.7. The first-order valence-electron chi connectivity index (χ1n) is 11.3. The van der Waals surface area contributed by atoms with Gasteiger partial charge in [-0.1, -0.05) is 49.2 Å². The van der Waals surface area contributed by atoms with Crippen LogP contribution in [0.5, 0.6) is 0 Å². The Labute approximate surface area is 189 Å². The van der Waals surface area contributed by atoms with Gasteiger partial charge in [-0.2, -0.15) is 4.98 Å². The molecule has 8 heteroatoms. The molecule has 0 atom stereocenters. The average Bonchev–Trinajstić information content (AvgIpc) is 2.97. The molecule has 31 heavy (non-hydrogen) atoms. The molecule has 2 aliphatic rings. The smallest absolute Gasteiger partial charge is 0.236 e. The van der Waals surface area contributed by atoms with E-state index in [1.807, 2.05) is 35.0 Å². The van der Waals surface area contributed by atoms with E-state index in [4.69, 9.17) is 12.2 Å². The third-order valence-electron chi connectivity index (χ3n) is 6.05. The minimum absolute atomic E-state index is 0.293. The number of H-pyrrole nitrogens is 1. The molecule has 2 fully saturated rings. The number of aromatic amines is 1. The van der Waals surface area contributed by atoms with E-state index < -0.39 is 0 Å². The second-order valence-electron chi connectivity index (χ2n) is 8.39. The van der Waals surface area contributed by atoms with Crippen LogP contribution in [0.1, 0.15) is 37.1 Å². The Bertz CT molecular complexity index is 921. The lowest BCUT2D eigenvalue weighted by atomic mass is 10.2. The van der Waals surface area contributed by atoms with Crippen LogP contribution in [-0.2, 0) is 11.5 Å². The zero-order chi connectivity index (χ0) is 21.5. The summed E-state index contributed by atoms with van der Waals surface area (Å²) in [5.41, 5.74) is 1.13. The molecule has 0 saturated carbocycles. The van der Waals surface area contributed by atoms with Crippen molar-refractivity contribution in [3.63, 3.8) is 0 Å². The first-order chi connectivity index (χ1) is 15.2. The Hall–Kier alpha value is -2.29. The van der Waals surface area contributed by atoms with Gasteiger partial charge in [0.15, 0.2) is 0 Å². The fraction of sp³-hybridized carbons (Fsp3) is 0.522. The minimum atomic E-state index is 0.293. The van der Waals surface area contributed by atoms with Crippen LogP contribution in [0.2, 0.25) is 0 Å². The lowest BCUT2D eigenvalue weighted by Crippen LogP contribution is -2.50. The van der Waals surface area contributed by atoms with E-state index in [-0.39, 0.29) is 0 Å². The highest BCUT2D eigenvalue weighted by molar-refractivity contribution is 7.71. The molecule has 1 aromatic heterocycles. The van der Waals surface area contributed by atoms with Crippen molar-refractivity contribution in [2.45, 2.75) is 32.4 Å². The van der Waals surface area contributed by atoms with Crippen molar-refractivity contribution in [1.82, 2.24) is 29.5 Å². The molecule has 0 radical (unpaired) electrons. The highest BCUT2D eigenvalue weighted by Crippen LogP contribution is 2.11. The number of nitrogens with zero attached hydrogens (tertiary/aromatic N) is 5. The summed E-state index contributed by atoms with van der Waals surface area (Å²) in [4.78, 5) is 23.8. The van der Waals surface area contributed by atoms with E-state index in [0.717, 1.165) is 63.5 Å². The minimum Gasteiger partial charge on any atom is -0.342 e. The van der Waals surface area contributed by atoms with Crippen molar-refractivity contribution in [1.29, 1.82) is 0 Å². The molecule has 166 valence electrons. The average molecular weight is 441 g/mol. The maximum atomic E-state index is 12.6. The van der Waals surface area contributed by atoms with Gasteiger partial charge in [0.2, 0.25) is 10.7 Å². The maximum absolute atomic E-state index is 12.6. The van der Waals surface area contributed by atoms with Crippen LogP contribution in [-0.4, -0.2) is 81.2 Å². The van der Waals surface area contributed by atoms with Crippen LogP contribution < -0.4 is 0 Å². The van der Waals surface area contributed by atoms with Crippen molar-refractivity contribution in [3.05, 3.63) is 46.5 Å². The summed E-state index contributed by atoms with van der Waals surface area (Å²) in [5.74, 6) is 1.05. The van der Waals surface area contributed by atoms with Gasteiger partial charge in [-0.3, -0.25) is 19.7 Å². The summed E-state index contributed by atoms with van der Waals surface area (Å²) in [6.45, 7) is 6.75. The van der Waals surface area contributed by atoms with Gasteiger partial charge >= 0.3 is 0 Å². The highest BCUT2D eigenvalue weighted by atomic mass is 32.1. The molecule has 0 spiro atoms. The Morgan fingerprint density at radius 1 is 0.935 bits per heavy atom. The van der Waals surface area contributed by atoms with E-state index in [9.17, 15) is 4.79 Å². The number of carbonyl (C=O) groups is 1. The lowest BCUT2D eigenvalue weighted by molar-refractivity contribution is -0.132. The number of hydrogen-bond acceptors (Lipinski definition) is 5. The predicted octanol–water partition coefficient (Wildman–Crippen LogP) is 3.09. The van der Waals surface area contributed by atoms with E-state index >= 15 is 0 Å². The van der Waals surface area contributed by atoms with Crippen molar-refractivity contribution < 1.29 is 4.79 Å². The van der Waals surface area contributed by atoms with Crippen molar-refractivity contribution in [2.24, 2.45) is 0 Å². The molecule has 1 amide bonds. The second kappa shape index (κ2) is 10.8. The normalized spacial score (nSPS) is 19.0. The second-order valence-corrected chi connectivity index (χ2v) is 8.76. The van der Waals surface area contributed by atoms with E-state index in [1.54, 1.807) is 0 Å². The Morgan fingerprint density at radius 2 is 1.61 bits per heavy atom. The zero-order valence-corrected chi connectivity index (χ0v) is 18.9. The number of amides is 1. The van der Waals surface area contributed by atoms with Crippen LogP contribution in [0.3, 0.4) is 0 Å². The van der Waals surface area contributed by atoms with E-state index in [1.165, 1.54) is 12.8 Å². The molecule has 1 N–H and O–H groups in total. The van der Waals surface area contributed by atoms with Gasteiger partial charge in [-0.15, -0.1) is 0 Å². The van der Waals surface area contributed by atoms with Crippen LogP contribution in [0.25, 0.3) is 12.2 Å². The van der Waals surface area contributed by atoms with Gasteiger partial charge in [0.25, 0.3) is 0 Å². The number of likely N-dealkylation sites (tertiary alicyclic amines) is 1. The van der Waals surface area contributed by atoms with Gasteiger partial charge in [-0.05, 0) is 36.7 Å². The molecule has 7 nitrogen and oxygen atoms in total. The summed E-state index contributed by atoms with van der Waals surface area (Å²) in [7, 11) is 0. The van der Waals surface area contributed by atoms with Crippen molar-refractivity contribution >= 4 is 30.3 Å². The molecule has 0 unspecified atom stereocenters. The Kier molecular flexibility index (Phi) is 7.66. The van der Waals surface area contributed by atoms with Gasteiger partial charge in [0, 0.05) is 39.3 Å². The third kappa shape index (κ3) is 6.35. The number of piperazine rings is 1. The largest absolute Gasteiger partial charge is 0.342 e. The summed E-state index contributed by atoms with van der Waals surface area (Å²) in [6.07, 6.45) is 8.77. The summed E-state index contributed by atoms with van der Waals surface area (Å²) in [6, 6.07) is 10.1. The monoisotopic (exact) mass is 440 g/mol. The van der Waals surface area contributed by atoms with E-state index in [2.05, 4.69) is 36.9 Å². The number of carbonyl (C=O) groups excluding carboxylic acids is 1. The SMILES string of the molecule is O=C(CN1CCN(Cn2[nH]c(C=Cc3ccccc3)nc2=S)CC1)N1CCCCCC1. The zero-order valence-electron chi connectivity index (χ0n) is 18.1. The Morgan fingerprint density at radius 3 is 2.32 bits per heavy atom. The third-order valence-corrected chi connectivity index (χ3v) is 6.37. The summed E-state index contributed by atoms with van der Waals surface area (Å²) < 4.78 is 2.48. The predicted molar refractivity (Wildman–Crippen MR) is 126 cm³/mol. The summed E-state index contributed by atoms with van der Waals surface area (Å²) in [5, 5.41) is 3.29. The maximum Gasteiger partial charge on any atom is 0.236 e. The fourth-order valence-electron chi connectivity index (χ4n) is 4.18. The number of rotatable bonds is 6. The molecule has 1 aromatic carbocycles. The molecule has 2 aromatic rings. The fourth-order valence-corrected chi connectivity index (χ4v) is 4.39. The van der Waals surface area contributed by atoms with Crippen LogP contribution in [0.15, 0.2) is 30.3 Å². The highest BCUT2D eigenvalue weighted by Gasteiger charge is 2.22. The lowest BCUT2D eigenvalue weighted by Gasteiger charge is -2.35. The van der Waals surface area contributed by atoms with Gasteiger partial charge in [0.05, 0.1) is 13.2 Å². The molecular formula is C23H32N6OS. The molecular weight excluding hydrogens is 408 g/mol. The molecule has 2 aliphatic heterocycles. The molecule has 3 heterocycles. The first kappa shape index (κ1) is 21.9. The number of benzene rings is 1. The van der Waals surface area contributed by atoms with Crippen molar-refractivity contribution in [3.8, 4) is 0 Å². The Balaban J connectivity index is 1.25. The van der Waals surface area contributed by atoms with Crippen LogP contribution >= 0.6 is 12.2 Å². The van der Waals surface area contributed by atoms with Crippen LogP contribution in [0.4, 0.5) is 0 Å². The van der Waals surface area contributed by atoms with Gasteiger partial charge in [-0.25, -0.2) is 4.68 Å². The summed E-state index contributed by atoms with van der Waals surface area (Å²) >= 11 is 5.44. The van der Waals surface area contributed by atoms with Crippen LogP contribution in [0, 0.1) is 4.77 Å². The molecule has 4 rings (SSSR count). The molecule has 0 aliphatic carbocycles. The number of nitrogens with one attached hydrogen (secondary N) is 1. The number of aromatic nitrogens is 3. The number of hydrogen-bond donors (Lipinski definition) is 1. The molecule has 0 bridgehead atoms. The van der Waals surface area contributed by atoms with E-state index in [0.29, 0.717) is 23.9 Å².